The summed E-state index contributed by atoms with van der Waals surface area (Å²) in [7, 11) is 1.47. The Kier molecular flexibility index (Phi) is 9.56. The first-order chi connectivity index (χ1) is 21.3. The van der Waals surface area contributed by atoms with Gasteiger partial charge in [-0.3, -0.25) is 9.36 Å². The van der Waals surface area contributed by atoms with Gasteiger partial charge in [-0.05, 0) is 86.1 Å². The Labute approximate surface area is 265 Å². The zero-order valence-corrected chi connectivity index (χ0v) is 27.6. The number of nitrogens with zero attached hydrogens (tertiary/aromatic N) is 4. The molecule has 7 atom stereocenters. The first-order valence-corrected chi connectivity index (χ1v) is 16.1. The van der Waals surface area contributed by atoms with E-state index in [0.29, 0.717) is 51.6 Å². The number of fused-ring (bicyclic) bond motifs is 1. The largest absolute Gasteiger partial charge is 0.497 e. The maximum atomic E-state index is 14.6. The average Bonchev–Trinajstić information content (AvgIpc) is 2.99. The second-order valence-electron chi connectivity index (χ2n) is 14.1. The van der Waals surface area contributed by atoms with E-state index in [9.17, 15) is 14.3 Å². The molecule has 1 saturated heterocycles. The molecule has 2 aliphatic rings. The third-order valence-corrected chi connectivity index (χ3v) is 10.5. The molecule has 4 N–H and O–H groups in total. The zero-order valence-electron chi connectivity index (χ0n) is 27.6. The molecule has 0 amide bonds. The molecule has 1 aromatic heterocycles. The molecule has 10 heteroatoms. The van der Waals surface area contributed by atoms with Crippen LogP contribution in [-0.2, 0) is 6.42 Å². The van der Waals surface area contributed by atoms with Gasteiger partial charge < -0.3 is 25.8 Å². The number of piperazine rings is 1. The van der Waals surface area contributed by atoms with E-state index in [4.69, 9.17) is 15.5 Å². The molecule has 2 aromatic carbocycles. The van der Waals surface area contributed by atoms with Crippen molar-refractivity contribution in [2.75, 3.05) is 20.3 Å². The number of rotatable bonds is 7. The number of hydrogen-bond donors (Lipinski definition) is 3. The van der Waals surface area contributed by atoms with E-state index in [1.54, 1.807) is 30.3 Å². The predicted octanol–water partition coefficient (Wildman–Crippen LogP) is 5.03. The molecule has 9 nitrogen and oxygen atoms in total. The number of aliphatic hydroxyl groups is 1. The highest BCUT2D eigenvalue weighted by atomic mass is 19.1. The van der Waals surface area contributed by atoms with Crippen LogP contribution in [0.2, 0.25) is 0 Å². The monoisotopic (exact) mass is 620 g/mol. The Morgan fingerprint density at radius 3 is 2.64 bits per heavy atom. The molecule has 5 rings (SSSR count). The number of guanidine groups is 1. The van der Waals surface area contributed by atoms with Gasteiger partial charge in [-0.15, -0.1) is 0 Å². The van der Waals surface area contributed by atoms with Crippen LogP contribution in [0.25, 0.3) is 10.9 Å². The minimum Gasteiger partial charge on any atom is -0.497 e. The second-order valence-corrected chi connectivity index (χ2v) is 14.1. The Morgan fingerprint density at radius 1 is 1.22 bits per heavy atom. The van der Waals surface area contributed by atoms with Crippen LogP contribution in [-0.4, -0.2) is 63.9 Å². The minimum atomic E-state index is -0.685. The molecule has 0 radical (unpaired) electrons. The van der Waals surface area contributed by atoms with Crippen molar-refractivity contribution in [3.63, 3.8) is 0 Å². The Balaban J connectivity index is 1.41. The van der Waals surface area contributed by atoms with Crippen molar-refractivity contribution in [3.05, 3.63) is 64.5 Å². The van der Waals surface area contributed by atoms with Gasteiger partial charge in [0.25, 0.3) is 5.56 Å². The van der Waals surface area contributed by atoms with Crippen LogP contribution >= 0.6 is 0 Å². The molecular weight excluding hydrogens is 571 g/mol. The van der Waals surface area contributed by atoms with Gasteiger partial charge in [0.05, 0.1) is 42.7 Å². The third-order valence-electron chi connectivity index (χ3n) is 10.5. The van der Waals surface area contributed by atoms with Crippen molar-refractivity contribution >= 4 is 22.5 Å². The maximum absolute atomic E-state index is 14.6. The van der Waals surface area contributed by atoms with Crippen molar-refractivity contribution in [1.82, 2.24) is 19.8 Å². The molecule has 1 aliphatic heterocycles. The summed E-state index contributed by atoms with van der Waals surface area (Å²) in [4.78, 5) is 25.2. The molecule has 0 spiro atoms. The van der Waals surface area contributed by atoms with E-state index in [2.05, 4.69) is 56.7 Å². The smallest absolute Gasteiger partial charge is 0.261 e. The van der Waals surface area contributed by atoms with Crippen LogP contribution in [0.3, 0.4) is 0 Å². The van der Waals surface area contributed by atoms with Gasteiger partial charge in [-0.25, -0.2) is 14.4 Å². The first kappa shape index (κ1) is 32.9. The molecule has 1 aliphatic carbocycles. The number of nitrogens with two attached hydrogens (primary N) is 1. The van der Waals surface area contributed by atoms with Gasteiger partial charge in [0, 0.05) is 30.7 Å². The number of aromatic nitrogens is 2. The summed E-state index contributed by atoms with van der Waals surface area (Å²) < 4.78 is 21.1. The SMILES string of the molecule is COc1ccc(C[C@@H](CO)n2cnc3cc(N=C(N)N4C[C@@H](C)N[C@@H](C)C4C4C[C@@H](C)[C@H](C)C(C)(C)C4)ccc3c2=O)c(F)c1. The van der Waals surface area contributed by atoms with Crippen molar-refractivity contribution in [3.8, 4) is 5.75 Å². The van der Waals surface area contributed by atoms with Gasteiger partial charge in [-0.1, -0.05) is 33.8 Å². The van der Waals surface area contributed by atoms with Gasteiger partial charge in [0.1, 0.15) is 11.6 Å². The lowest BCUT2D eigenvalue weighted by Gasteiger charge is -2.53. The lowest BCUT2D eigenvalue weighted by Crippen LogP contribution is -2.66. The lowest BCUT2D eigenvalue weighted by atomic mass is 9.59. The lowest BCUT2D eigenvalue weighted by molar-refractivity contribution is 0.00455. The van der Waals surface area contributed by atoms with Gasteiger partial charge in [0.15, 0.2) is 5.96 Å². The van der Waals surface area contributed by atoms with E-state index in [0.717, 1.165) is 19.4 Å². The topological polar surface area (TPSA) is 118 Å². The first-order valence-electron chi connectivity index (χ1n) is 16.1. The number of ether oxygens (including phenoxy) is 1. The average molecular weight is 621 g/mol. The Hall–Kier alpha value is -3.50. The summed E-state index contributed by atoms with van der Waals surface area (Å²) in [6.07, 6.45) is 3.83. The Bertz CT molecular complexity index is 1610. The number of aliphatic imine (C=N–C) groups is 1. The molecule has 0 bridgehead atoms. The van der Waals surface area contributed by atoms with Crippen LogP contribution in [0.4, 0.5) is 10.1 Å². The molecule has 2 unspecified atom stereocenters. The maximum Gasteiger partial charge on any atom is 0.261 e. The quantitative estimate of drug-likeness (QED) is 0.251. The number of nitrogens with one attached hydrogen (secondary N) is 1. The standard InChI is InChI=1S/C35H49FN6O3/c1-20-12-25(16-35(5,6)22(20)3)32-23(4)39-21(2)17-41(32)34(37)40-26-9-11-29-31(14-26)38-19-42(33(29)44)27(18-43)13-24-8-10-28(45-7)15-30(24)36/h8-11,14-15,19-23,25,27,32,39,43H,12-13,16-18H2,1-7H3,(H2,37,40)/t20-,21-,22+,23+,25?,27+,32?/m1/s1. The summed E-state index contributed by atoms with van der Waals surface area (Å²) in [6, 6.07) is 9.84. The third kappa shape index (κ3) is 6.72. The van der Waals surface area contributed by atoms with Crippen LogP contribution in [0.15, 0.2) is 52.5 Å². The van der Waals surface area contributed by atoms with Crippen molar-refractivity contribution in [2.24, 2.45) is 33.9 Å². The van der Waals surface area contributed by atoms with E-state index in [-0.39, 0.29) is 42.1 Å². The van der Waals surface area contributed by atoms with Gasteiger partial charge in [0.2, 0.25) is 0 Å². The molecule has 2 fully saturated rings. The highest BCUT2D eigenvalue weighted by Crippen LogP contribution is 2.48. The molecule has 45 heavy (non-hydrogen) atoms. The van der Waals surface area contributed by atoms with E-state index < -0.39 is 11.9 Å². The number of halogens is 1. The highest BCUT2D eigenvalue weighted by Gasteiger charge is 2.46. The summed E-state index contributed by atoms with van der Waals surface area (Å²) >= 11 is 0. The predicted molar refractivity (Wildman–Crippen MR) is 177 cm³/mol. The number of hydrogen-bond acceptors (Lipinski definition) is 6. The second kappa shape index (κ2) is 13.1. The molecular formula is C35H49FN6O3. The van der Waals surface area contributed by atoms with Gasteiger partial charge >= 0.3 is 0 Å². The fourth-order valence-electron chi connectivity index (χ4n) is 7.83. The summed E-state index contributed by atoms with van der Waals surface area (Å²) in [6.45, 7) is 14.4. The molecule has 3 aromatic rings. The normalized spacial score (nSPS) is 27.8. The van der Waals surface area contributed by atoms with E-state index >= 15 is 0 Å². The summed E-state index contributed by atoms with van der Waals surface area (Å²) in [5.74, 6) is 2.18. The summed E-state index contributed by atoms with van der Waals surface area (Å²) in [5.41, 5.74) is 8.19. The van der Waals surface area contributed by atoms with Crippen LogP contribution in [0.1, 0.15) is 66.0 Å². The van der Waals surface area contributed by atoms with E-state index in [1.807, 2.05) is 0 Å². The summed E-state index contributed by atoms with van der Waals surface area (Å²) in [5, 5.41) is 14.3. The Morgan fingerprint density at radius 2 is 1.98 bits per heavy atom. The minimum absolute atomic E-state index is 0.122. The molecule has 2 heterocycles. The van der Waals surface area contributed by atoms with E-state index in [1.165, 1.54) is 24.1 Å². The fraction of sp³-hybridized carbons (Fsp3) is 0.571. The number of aliphatic hydroxyl groups excluding tert-OH is 1. The molecule has 244 valence electrons. The van der Waals surface area contributed by atoms with Gasteiger partial charge in [-0.2, -0.15) is 0 Å². The van der Waals surface area contributed by atoms with Crippen LogP contribution < -0.4 is 21.3 Å². The fourth-order valence-corrected chi connectivity index (χ4v) is 7.83. The van der Waals surface area contributed by atoms with Crippen molar-refractivity contribution < 1.29 is 14.2 Å². The number of benzene rings is 2. The number of methoxy groups -OCH3 is 1. The zero-order chi connectivity index (χ0) is 32.6. The van der Waals surface area contributed by atoms with Crippen molar-refractivity contribution in [1.29, 1.82) is 0 Å². The van der Waals surface area contributed by atoms with Crippen molar-refractivity contribution in [2.45, 2.75) is 85.0 Å². The highest BCUT2D eigenvalue weighted by molar-refractivity contribution is 5.85. The van der Waals surface area contributed by atoms with Crippen LogP contribution in [0.5, 0.6) is 5.75 Å². The molecule has 1 saturated carbocycles. The van der Waals surface area contributed by atoms with Crippen LogP contribution in [0, 0.1) is 29.0 Å².